The van der Waals surface area contributed by atoms with Crippen molar-refractivity contribution in [1.82, 2.24) is 14.7 Å². The third kappa shape index (κ3) is 5.66. The highest BCUT2D eigenvalue weighted by molar-refractivity contribution is 5.93. The zero-order valence-electron chi connectivity index (χ0n) is 19.2. The lowest BCUT2D eigenvalue weighted by Crippen LogP contribution is -2.53. The molecule has 2 atom stereocenters. The summed E-state index contributed by atoms with van der Waals surface area (Å²) in [5.41, 5.74) is 3.20. The average Bonchev–Trinajstić information content (AvgIpc) is 2.78. The summed E-state index contributed by atoms with van der Waals surface area (Å²) in [6.07, 6.45) is 6.58. The van der Waals surface area contributed by atoms with Gasteiger partial charge < -0.3 is 10.2 Å². The summed E-state index contributed by atoms with van der Waals surface area (Å²) in [5, 5.41) is 3.05. The minimum atomic E-state index is 0.0357. The smallest absolute Gasteiger partial charge is 0.238 e. The number of carbonyl (C=O) groups excluding carboxylic acids is 2. The van der Waals surface area contributed by atoms with Gasteiger partial charge in [-0.1, -0.05) is 31.4 Å². The Kier molecular flexibility index (Phi) is 7.28. The number of piperazine rings is 1. The summed E-state index contributed by atoms with van der Waals surface area (Å²) in [5.74, 6) is 1.92. The molecule has 2 amide bonds. The number of aryl methyl sites for hydroxylation is 1. The number of nitrogens with zero attached hydrogens (tertiary/aromatic N) is 3. The lowest BCUT2D eigenvalue weighted by atomic mass is 9.75. The van der Waals surface area contributed by atoms with Crippen molar-refractivity contribution < 1.29 is 9.59 Å². The van der Waals surface area contributed by atoms with Crippen LogP contribution >= 0.6 is 0 Å². The Balaban J connectivity index is 1.18. The predicted octanol–water partition coefficient (Wildman–Crippen LogP) is 2.90. The van der Waals surface area contributed by atoms with E-state index in [1.54, 1.807) is 0 Å². The van der Waals surface area contributed by atoms with Crippen LogP contribution in [0.5, 0.6) is 0 Å². The summed E-state index contributed by atoms with van der Waals surface area (Å²) < 4.78 is 0. The summed E-state index contributed by atoms with van der Waals surface area (Å²) in [4.78, 5) is 31.9. The zero-order valence-corrected chi connectivity index (χ0v) is 19.2. The van der Waals surface area contributed by atoms with Crippen LogP contribution in [0.4, 0.5) is 5.69 Å². The molecule has 4 rings (SSSR count). The lowest BCUT2D eigenvalue weighted by molar-refractivity contribution is -0.136. The summed E-state index contributed by atoms with van der Waals surface area (Å²) in [6.45, 7) is 10.3. The number of nitrogens with one attached hydrogen (secondary N) is 1. The van der Waals surface area contributed by atoms with Gasteiger partial charge in [0.1, 0.15) is 0 Å². The Morgan fingerprint density at radius 2 is 1.58 bits per heavy atom. The first kappa shape index (κ1) is 22.3. The number of fused-ring (bicyclic) bond motifs is 1. The highest BCUT2D eigenvalue weighted by Crippen LogP contribution is 2.36. The van der Waals surface area contributed by atoms with E-state index in [1.807, 2.05) is 19.1 Å². The van der Waals surface area contributed by atoms with E-state index in [4.69, 9.17) is 0 Å². The van der Waals surface area contributed by atoms with Gasteiger partial charge in [-0.25, -0.2) is 0 Å². The molecule has 0 spiro atoms. The fourth-order valence-electron chi connectivity index (χ4n) is 5.50. The maximum absolute atomic E-state index is 12.9. The standard InChI is InChI=1S/C25H38N4O2/c1-19-6-5-9-23(20(19)2)26-24(30)17-27-12-14-28(15-13-27)18-25(31)29-11-10-21-7-3-4-8-22(21)16-29/h5-6,9,21-22H,3-4,7-8,10-18H2,1-2H3,(H,26,30)/t21-,22-/m1/s1. The van der Waals surface area contributed by atoms with Crippen molar-refractivity contribution in [1.29, 1.82) is 0 Å². The fourth-order valence-corrected chi connectivity index (χ4v) is 5.50. The Labute approximate surface area is 187 Å². The zero-order chi connectivity index (χ0) is 21.8. The van der Waals surface area contributed by atoms with E-state index in [-0.39, 0.29) is 5.91 Å². The van der Waals surface area contributed by atoms with Crippen LogP contribution < -0.4 is 5.32 Å². The van der Waals surface area contributed by atoms with Crippen LogP contribution in [0.2, 0.25) is 0 Å². The van der Waals surface area contributed by atoms with Gasteiger partial charge >= 0.3 is 0 Å². The van der Waals surface area contributed by atoms with E-state index in [0.29, 0.717) is 19.0 Å². The average molecular weight is 427 g/mol. The van der Waals surface area contributed by atoms with Gasteiger partial charge in [-0.2, -0.15) is 0 Å². The normalized spacial score (nSPS) is 25.2. The van der Waals surface area contributed by atoms with Gasteiger partial charge in [-0.15, -0.1) is 0 Å². The van der Waals surface area contributed by atoms with Crippen LogP contribution in [0.3, 0.4) is 0 Å². The minimum absolute atomic E-state index is 0.0357. The Morgan fingerprint density at radius 1 is 0.903 bits per heavy atom. The second kappa shape index (κ2) is 10.1. The van der Waals surface area contributed by atoms with Gasteiger partial charge in [0.2, 0.25) is 11.8 Å². The lowest BCUT2D eigenvalue weighted by Gasteiger charge is -2.42. The minimum Gasteiger partial charge on any atom is -0.341 e. The highest BCUT2D eigenvalue weighted by atomic mass is 16.2. The molecular formula is C25H38N4O2. The number of anilines is 1. The fraction of sp³-hybridized carbons (Fsp3) is 0.680. The van der Waals surface area contributed by atoms with Crippen LogP contribution in [0, 0.1) is 25.7 Å². The van der Waals surface area contributed by atoms with Crippen LogP contribution in [0.25, 0.3) is 0 Å². The first-order valence-corrected chi connectivity index (χ1v) is 12.1. The first-order chi connectivity index (χ1) is 15.0. The molecule has 31 heavy (non-hydrogen) atoms. The van der Waals surface area contributed by atoms with E-state index in [2.05, 4.69) is 33.0 Å². The molecule has 6 nitrogen and oxygen atoms in total. The molecule has 1 saturated carbocycles. The molecular weight excluding hydrogens is 388 g/mol. The molecule has 170 valence electrons. The molecule has 3 fully saturated rings. The van der Waals surface area contributed by atoms with Gasteiger partial charge in [-0.05, 0) is 55.7 Å². The van der Waals surface area contributed by atoms with Crippen LogP contribution in [0.15, 0.2) is 18.2 Å². The molecule has 2 aliphatic heterocycles. The SMILES string of the molecule is Cc1cccc(NC(=O)CN2CCN(CC(=O)N3CC[C@H]4CCCC[C@@H]4C3)CC2)c1C. The maximum Gasteiger partial charge on any atom is 0.238 e. The monoisotopic (exact) mass is 426 g/mol. The molecule has 1 aromatic rings. The molecule has 3 aliphatic rings. The molecule has 1 aromatic carbocycles. The molecule has 0 radical (unpaired) electrons. The first-order valence-electron chi connectivity index (χ1n) is 12.1. The van der Waals surface area contributed by atoms with Gasteiger partial charge in [-0.3, -0.25) is 19.4 Å². The van der Waals surface area contributed by atoms with E-state index in [0.717, 1.165) is 62.4 Å². The van der Waals surface area contributed by atoms with Crippen molar-refractivity contribution in [3.8, 4) is 0 Å². The maximum atomic E-state index is 12.9. The van der Waals surface area contributed by atoms with Gasteiger partial charge in [0, 0.05) is 45.0 Å². The number of carbonyl (C=O) groups is 2. The van der Waals surface area contributed by atoms with Crippen molar-refractivity contribution in [3.05, 3.63) is 29.3 Å². The molecule has 1 aliphatic carbocycles. The number of likely N-dealkylation sites (tertiary alicyclic amines) is 1. The third-order valence-electron chi connectivity index (χ3n) is 7.71. The number of benzene rings is 1. The van der Waals surface area contributed by atoms with Gasteiger partial charge in [0.05, 0.1) is 13.1 Å². The van der Waals surface area contributed by atoms with E-state index in [9.17, 15) is 9.59 Å². The number of hydrogen-bond donors (Lipinski definition) is 1. The summed E-state index contributed by atoms with van der Waals surface area (Å²) in [7, 11) is 0. The van der Waals surface area contributed by atoms with Crippen molar-refractivity contribution in [2.24, 2.45) is 11.8 Å². The molecule has 0 unspecified atom stereocenters. The Bertz CT molecular complexity index is 788. The number of amides is 2. The molecule has 0 aromatic heterocycles. The number of piperidine rings is 1. The number of hydrogen-bond acceptors (Lipinski definition) is 4. The predicted molar refractivity (Wildman–Crippen MR) is 124 cm³/mol. The largest absolute Gasteiger partial charge is 0.341 e. The van der Waals surface area contributed by atoms with Crippen LogP contribution in [0.1, 0.15) is 43.2 Å². The summed E-state index contributed by atoms with van der Waals surface area (Å²) >= 11 is 0. The van der Waals surface area contributed by atoms with Crippen molar-refractivity contribution in [2.75, 3.05) is 57.7 Å². The Morgan fingerprint density at radius 3 is 2.32 bits per heavy atom. The highest BCUT2D eigenvalue weighted by Gasteiger charge is 2.33. The van der Waals surface area contributed by atoms with Crippen LogP contribution in [-0.4, -0.2) is 78.9 Å². The van der Waals surface area contributed by atoms with Gasteiger partial charge in [0.15, 0.2) is 0 Å². The van der Waals surface area contributed by atoms with E-state index in [1.165, 1.54) is 37.7 Å². The van der Waals surface area contributed by atoms with Crippen molar-refractivity contribution in [2.45, 2.75) is 46.0 Å². The van der Waals surface area contributed by atoms with Crippen molar-refractivity contribution in [3.63, 3.8) is 0 Å². The molecule has 2 saturated heterocycles. The van der Waals surface area contributed by atoms with E-state index < -0.39 is 0 Å². The molecule has 0 bridgehead atoms. The van der Waals surface area contributed by atoms with E-state index >= 15 is 0 Å². The summed E-state index contributed by atoms with van der Waals surface area (Å²) in [6, 6.07) is 5.99. The van der Waals surface area contributed by atoms with Gasteiger partial charge in [0.25, 0.3) is 0 Å². The second-order valence-electron chi connectivity index (χ2n) is 9.78. The Hall–Kier alpha value is -1.92. The number of rotatable bonds is 5. The van der Waals surface area contributed by atoms with Crippen LogP contribution in [-0.2, 0) is 9.59 Å². The molecule has 1 N–H and O–H groups in total. The molecule has 2 heterocycles. The second-order valence-corrected chi connectivity index (χ2v) is 9.78. The quantitative estimate of drug-likeness (QED) is 0.787. The molecule has 6 heteroatoms. The van der Waals surface area contributed by atoms with Crippen molar-refractivity contribution >= 4 is 17.5 Å². The topological polar surface area (TPSA) is 55.9 Å². The third-order valence-corrected chi connectivity index (χ3v) is 7.71.